The minimum atomic E-state index is 0.749. The Morgan fingerprint density at radius 2 is 2.27 bits per heavy atom. The fourth-order valence-corrected chi connectivity index (χ4v) is 2.83. The molecule has 0 spiro atoms. The molecule has 0 amide bonds. The first-order valence-corrected chi connectivity index (χ1v) is 6.67. The van der Waals surface area contributed by atoms with Crippen molar-refractivity contribution < 1.29 is 0 Å². The van der Waals surface area contributed by atoms with Crippen molar-refractivity contribution in [1.29, 1.82) is 0 Å². The van der Waals surface area contributed by atoms with Gasteiger partial charge in [-0.3, -0.25) is 0 Å². The van der Waals surface area contributed by atoms with E-state index < -0.39 is 0 Å². The van der Waals surface area contributed by atoms with Crippen LogP contribution >= 0.6 is 11.3 Å². The van der Waals surface area contributed by atoms with Gasteiger partial charge in [0.2, 0.25) is 0 Å². The summed E-state index contributed by atoms with van der Waals surface area (Å²) >= 11 is 1.76. The van der Waals surface area contributed by atoms with Gasteiger partial charge >= 0.3 is 0 Å². The molecule has 84 valence electrons. The predicted molar refractivity (Wildman–Crippen MR) is 65.0 cm³/mol. The molecule has 1 aliphatic rings. The van der Waals surface area contributed by atoms with E-state index in [0.717, 1.165) is 24.4 Å². The third kappa shape index (κ3) is 2.58. The molecule has 0 aliphatic heterocycles. The Labute approximate surface area is 96.1 Å². The molecule has 1 saturated carbocycles. The zero-order valence-electron chi connectivity index (χ0n) is 9.79. The molecule has 3 heteroatoms. The molecule has 2 nitrogen and oxygen atoms in total. The lowest BCUT2D eigenvalue weighted by molar-refractivity contribution is 0.168. The van der Waals surface area contributed by atoms with Crippen LogP contribution in [0.2, 0.25) is 0 Å². The van der Waals surface area contributed by atoms with Crippen molar-refractivity contribution in [3.8, 4) is 0 Å². The van der Waals surface area contributed by atoms with E-state index >= 15 is 0 Å². The van der Waals surface area contributed by atoms with Crippen molar-refractivity contribution in [2.24, 2.45) is 11.8 Å². The van der Waals surface area contributed by atoms with Crippen molar-refractivity contribution >= 4 is 11.3 Å². The lowest BCUT2D eigenvalue weighted by Gasteiger charge is -2.38. The van der Waals surface area contributed by atoms with Gasteiger partial charge in [-0.15, -0.1) is 11.3 Å². The van der Waals surface area contributed by atoms with Crippen molar-refractivity contribution in [2.45, 2.75) is 46.2 Å². The van der Waals surface area contributed by atoms with Crippen LogP contribution in [0.1, 0.15) is 37.3 Å². The highest BCUT2D eigenvalue weighted by atomic mass is 32.1. The largest absolute Gasteiger partial charge is 0.309 e. The van der Waals surface area contributed by atoms with Crippen molar-refractivity contribution in [3.63, 3.8) is 0 Å². The molecule has 0 radical (unpaired) electrons. The second-order valence-electron chi connectivity index (χ2n) is 4.91. The summed E-state index contributed by atoms with van der Waals surface area (Å²) in [6.45, 7) is 7.75. The molecule has 2 rings (SSSR count). The van der Waals surface area contributed by atoms with Gasteiger partial charge in [0, 0.05) is 17.5 Å². The molecule has 0 bridgehead atoms. The number of nitrogens with zero attached hydrogens (tertiary/aromatic N) is 1. The van der Waals surface area contributed by atoms with Gasteiger partial charge in [-0.25, -0.2) is 4.98 Å². The summed E-state index contributed by atoms with van der Waals surface area (Å²) in [6, 6.07) is 0.749. The minimum absolute atomic E-state index is 0.749. The van der Waals surface area contributed by atoms with E-state index in [1.165, 1.54) is 23.4 Å². The summed E-state index contributed by atoms with van der Waals surface area (Å²) in [7, 11) is 0. The van der Waals surface area contributed by atoms with Gasteiger partial charge in [0.05, 0.1) is 11.2 Å². The maximum Gasteiger partial charge on any atom is 0.0798 e. The van der Waals surface area contributed by atoms with Crippen molar-refractivity contribution in [1.82, 2.24) is 10.3 Å². The van der Waals surface area contributed by atoms with Crippen LogP contribution in [0.15, 0.2) is 5.51 Å². The Bertz CT molecular complexity index is 313. The third-order valence-electron chi connectivity index (χ3n) is 3.51. The molecular formula is C12H20N2S. The molecule has 1 N–H and O–H groups in total. The summed E-state index contributed by atoms with van der Waals surface area (Å²) in [5.41, 5.74) is 3.12. The standard InChI is InChI=1S/C12H20N2S/c1-8(2)10-4-11(5-10)13-6-12-9(3)14-7-15-12/h7-8,10-11,13H,4-6H2,1-3H3. The van der Waals surface area contributed by atoms with Gasteiger partial charge in [0.25, 0.3) is 0 Å². The van der Waals surface area contributed by atoms with E-state index in [1.54, 1.807) is 11.3 Å². The SMILES string of the molecule is Cc1ncsc1CNC1CC(C(C)C)C1. The molecule has 1 heterocycles. The van der Waals surface area contributed by atoms with Crippen LogP contribution in [-0.4, -0.2) is 11.0 Å². The minimum Gasteiger partial charge on any atom is -0.309 e. The molecule has 15 heavy (non-hydrogen) atoms. The van der Waals surface area contributed by atoms with Crippen LogP contribution < -0.4 is 5.32 Å². The van der Waals surface area contributed by atoms with Gasteiger partial charge in [0.15, 0.2) is 0 Å². The average Bonchev–Trinajstić information content (AvgIpc) is 2.48. The topological polar surface area (TPSA) is 24.9 Å². The number of hydrogen-bond donors (Lipinski definition) is 1. The smallest absolute Gasteiger partial charge is 0.0798 e. The van der Waals surface area contributed by atoms with Gasteiger partial charge < -0.3 is 5.32 Å². The quantitative estimate of drug-likeness (QED) is 0.850. The van der Waals surface area contributed by atoms with Crippen LogP contribution in [0, 0.1) is 18.8 Å². The van der Waals surface area contributed by atoms with Gasteiger partial charge in [-0.05, 0) is 31.6 Å². The highest BCUT2D eigenvalue weighted by Gasteiger charge is 2.30. The zero-order valence-corrected chi connectivity index (χ0v) is 10.6. The highest BCUT2D eigenvalue weighted by Crippen LogP contribution is 2.33. The molecule has 1 fully saturated rings. The first-order valence-electron chi connectivity index (χ1n) is 5.79. The number of nitrogens with one attached hydrogen (secondary N) is 1. The number of aryl methyl sites for hydroxylation is 1. The lowest BCUT2D eigenvalue weighted by atomic mass is 9.74. The van der Waals surface area contributed by atoms with Crippen LogP contribution in [-0.2, 0) is 6.54 Å². The molecule has 1 aromatic rings. The molecule has 1 aliphatic carbocycles. The average molecular weight is 224 g/mol. The molecule has 1 aromatic heterocycles. The monoisotopic (exact) mass is 224 g/mol. The number of thiazole rings is 1. The van der Waals surface area contributed by atoms with Gasteiger partial charge in [-0.2, -0.15) is 0 Å². The Morgan fingerprint density at radius 3 is 2.80 bits per heavy atom. The number of rotatable bonds is 4. The van der Waals surface area contributed by atoms with E-state index in [4.69, 9.17) is 0 Å². The Kier molecular flexibility index (Phi) is 3.42. The van der Waals surface area contributed by atoms with E-state index in [0.29, 0.717) is 0 Å². The Morgan fingerprint density at radius 1 is 1.53 bits per heavy atom. The predicted octanol–water partition coefficient (Wildman–Crippen LogP) is 2.98. The summed E-state index contributed by atoms with van der Waals surface area (Å²) in [6.07, 6.45) is 2.71. The first kappa shape index (κ1) is 11.1. The number of hydrogen-bond acceptors (Lipinski definition) is 3. The summed E-state index contributed by atoms with van der Waals surface area (Å²) in [4.78, 5) is 5.65. The van der Waals surface area contributed by atoms with E-state index in [-0.39, 0.29) is 0 Å². The van der Waals surface area contributed by atoms with E-state index in [9.17, 15) is 0 Å². The molecule has 0 aromatic carbocycles. The van der Waals surface area contributed by atoms with Gasteiger partial charge in [-0.1, -0.05) is 13.8 Å². The highest BCUT2D eigenvalue weighted by molar-refractivity contribution is 7.09. The zero-order chi connectivity index (χ0) is 10.8. The fraction of sp³-hybridized carbons (Fsp3) is 0.750. The van der Waals surface area contributed by atoms with Crippen molar-refractivity contribution in [3.05, 3.63) is 16.1 Å². The summed E-state index contributed by atoms with van der Waals surface area (Å²) in [5.74, 6) is 1.80. The molecular weight excluding hydrogens is 204 g/mol. The van der Waals surface area contributed by atoms with E-state index in [1.807, 2.05) is 5.51 Å². The van der Waals surface area contributed by atoms with Crippen molar-refractivity contribution in [2.75, 3.05) is 0 Å². The normalized spacial score (nSPS) is 25.6. The molecule has 0 unspecified atom stereocenters. The first-order chi connectivity index (χ1) is 7.16. The van der Waals surface area contributed by atoms with E-state index in [2.05, 4.69) is 31.1 Å². The summed E-state index contributed by atoms with van der Waals surface area (Å²) in [5, 5.41) is 3.62. The van der Waals surface area contributed by atoms with Crippen LogP contribution in [0.3, 0.4) is 0 Å². The maximum absolute atomic E-state index is 4.26. The molecule has 0 atom stereocenters. The Hall–Kier alpha value is -0.410. The lowest BCUT2D eigenvalue weighted by Crippen LogP contribution is -2.42. The molecule has 0 saturated heterocycles. The second kappa shape index (κ2) is 4.62. The van der Waals surface area contributed by atoms with Gasteiger partial charge in [0.1, 0.15) is 0 Å². The fourth-order valence-electron chi connectivity index (χ4n) is 2.11. The third-order valence-corrected chi connectivity index (χ3v) is 4.45. The maximum atomic E-state index is 4.26. The second-order valence-corrected chi connectivity index (χ2v) is 5.85. The number of aromatic nitrogens is 1. The Balaban J connectivity index is 1.71. The summed E-state index contributed by atoms with van der Waals surface area (Å²) < 4.78 is 0. The van der Waals surface area contributed by atoms with Crippen LogP contribution in [0.25, 0.3) is 0 Å². The van der Waals surface area contributed by atoms with Crippen LogP contribution in [0.4, 0.5) is 0 Å². The van der Waals surface area contributed by atoms with Crippen LogP contribution in [0.5, 0.6) is 0 Å².